The van der Waals surface area contributed by atoms with Crippen LogP contribution in [0.2, 0.25) is 0 Å². The van der Waals surface area contributed by atoms with Gasteiger partial charge in [-0.2, -0.15) is 15.9 Å². The van der Waals surface area contributed by atoms with E-state index in [2.05, 4.69) is 11.0 Å². The summed E-state index contributed by atoms with van der Waals surface area (Å²) in [6.07, 6.45) is 3.99. The van der Waals surface area contributed by atoms with Gasteiger partial charge in [-0.3, -0.25) is 13.9 Å². The number of nitriles is 1. The highest BCUT2D eigenvalue weighted by Crippen LogP contribution is 2.68. The van der Waals surface area contributed by atoms with Gasteiger partial charge in [-0.25, -0.2) is 9.37 Å². The monoisotopic (exact) mass is 564 g/mol. The lowest BCUT2D eigenvalue weighted by Crippen LogP contribution is -2.50. The minimum Gasteiger partial charge on any atom is -0.440 e. The number of amides is 1. The Balaban J connectivity index is 1.45. The first kappa shape index (κ1) is 26.8. The molecule has 2 aliphatic carbocycles. The van der Waals surface area contributed by atoms with Gasteiger partial charge >= 0.3 is 0 Å². The fourth-order valence-corrected chi connectivity index (χ4v) is 7.98. The van der Waals surface area contributed by atoms with Crippen LogP contribution in [0.1, 0.15) is 50.2 Å². The van der Waals surface area contributed by atoms with Crippen molar-refractivity contribution >= 4 is 22.2 Å². The quantitative estimate of drug-likeness (QED) is 0.326. The lowest BCUT2D eigenvalue weighted by molar-refractivity contribution is -0.135. The second kappa shape index (κ2) is 9.91. The van der Waals surface area contributed by atoms with E-state index >= 15 is 0 Å². The smallest absolute Gasteiger partial charge is 0.229 e. The molecule has 40 heavy (non-hydrogen) atoms. The minimum atomic E-state index is -2.50. The average Bonchev–Trinajstić information content (AvgIpc) is 3.65. The highest BCUT2D eigenvalue weighted by atomic mass is 32.3. The van der Waals surface area contributed by atoms with Crippen molar-refractivity contribution < 1.29 is 22.7 Å². The van der Waals surface area contributed by atoms with E-state index in [0.717, 1.165) is 24.1 Å². The van der Waals surface area contributed by atoms with E-state index in [0.29, 0.717) is 61.7 Å². The van der Waals surface area contributed by atoms with Crippen LogP contribution < -0.4 is 10.6 Å². The van der Waals surface area contributed by atoms with E-state index in [1.165, 1.54) is 6.07 Å². The van der Waals surface area contributed by atoms with Gasteiger partial charge in [0, 0.05) is 30.3 Å². The summed E-state index contributed by atoms with van der Waals surface area (Å²) < 4.78 is 41.2. The molecule has 1 aliphatic heterocycles. The van der Waals surface area contributed by atoms with Gasteiger partial charge in [-0.15, -0.1) is 0 Å². The standard InChI is InChI=1S/C30H33FN4O4S/c31-24-7-2-1-5-22(24)27-34-25(20-8-10-21(11-9-20)35-15-17-40(37,38)18-16-35)26(39-27)23-6-3-4-12-30(23,28(33)36)29(19-32)13-14-29/h1-2,5,7-11,23,37-38H,3-4,6,12-18H2,(H2,33,36). The zero-order valence-electron chi connectivity index (χ0n) is 22.2. The molecule has 4 N–H and O–H groups in total. The molecule has 3 aromatic rings. The van der Waals surface area contributed by atoms with E-state index in [1.54, 1.807) is 18.2 Å². The van der Waals surface area contributed by atoms with Gasteiger partial charge in [0.25, 0.3) is 0 Å². The van der Waals surface area contributed by atoms with Crippen molar-refractivity contribution in [3.05, 3.63) is 60.1 Å². The largest absolute Gasteiger partial charge is 0.440 e. The maximum atomic E-state index is 14.9. The van der Waals surface area contributed by atoms with E-state index in [1.807, 2.05) is 24.3 Å². The Kier molecular flexibility index (Phi) is 6.64. The van der Waals surface area contributed by atoms with E-state index in [4.69, 9.17) is 15.1 Å². The summed E-state index contributed by atoms with van der Waals surface area (Å²) in [7, 11) is -2.50. The zero-order chi connectivity index (χ0) is 28.1. The second-order valence-corrected chi connectivity index (χ2v) is 13.7. The summed E-state index contributed by atoms with van der Waals surface area (Å²) in [5.41, 5.74) is 6.65. The van der Waals surface area contributed by atoms with Crippen LogP contribution in [0.15, 0.2) is 52.9 Å². The topological polar surface area (TPSA) is 137 Å². The van der Waals surface area contributed by atoms with Gasteiger partial charge in [0.1, 0.15) is 17.3 Å². The van der Waals surface area contributed by atoms with Crippen molar-refractivity contribution in [2.45, 2.75) is 44.4 Å². The van der Waals surface area contributed by atoms with Gasteiger partial charge in [0.15, 0.2) is 0 Å². The number of nitrogens with zero attached hydrogens (tertiary/aromatic N) is 3. The Morgan fingerprint density at radius 3 is 2.42 bits per heavy atom. The number of carbonyl (C=O) groups is 1. The number of oxazole rings is 1. The Morgan fingerprint density at radius 2 is 1.80 bits per heavy atom. The molecule has 2 heterocycles. The number of benzene rings is 2. The third-order valence-corrected chi connectivity index (χ3v) is 10.8. The zero-order valence-corrected chi connectivity index (χ0v) is 23.0. The molecule has 1 amide bonds. The molecule has 2 atom stereocenters. The number of primary amides is 1. The highest BCUT2D eigenvalue weighted by Gasteiger charge is 2.67. The van der Waals surface area contributed by atoms with Gasteiger partial charge < -0.3 is 15.1 Å². The molecule has 0 bridgehead atoms. The fourth-order valence-electron chi connectivity index (χ4n) is 6.75. The Morgan fingerprint density at radius 1 is 1.10 bits per heavy atom. The van der Waals surface area contributed by atoms with Crippen LogP contribution in [0.4, 0.5) is 10.1 Å². The van der Waals surface area contributed by atoms with Crippen LogP contribution >= 0.6 is 10.6 Å². The van der Waals surface area contributed by atoms with E-state index in [-0.39, 0.29) is 11.5 Å². The molecule has 210 valence electrons. The molecule has 3 fully saturated rings. The highest BCUT2D eigenvalue weighted by molar-refractivity contribution is 8.24. The van der Waals surface area contributed by atoms with Gasteiger partial charge in [-0.05, 0) is 49.9 Å². The molecule has 1 saturated heterocycles. The number of hydrogen-bond acceptors (Lipinski definition) is 7. The van der Waals surface area contributed by atoms with Crippen LogP contribution in [-0.2, 0) is 4.79 Å². The molecule has 10 heteroatoms. The van der Waals surface area contributed by atoms with Crippen molar-refractivity contribution in [1.29, 1.82) is 5.26 Å². The summed E-state index contributed by atoms with van der Waals surface area (Å²) in [6, 6.07) is 16.5. The van der Waals surface area contributed by atoms with Gasteiger partial charge in [0.2, 0.25) is 11.8 Å². The maximum Gasteiger partial charge on any atom is 0.229 e. The number of hydrogen-bond donors (Lipinski definition) is 3. The maximum absolute atomic E-state index is 14.9. The summed E-state index contributed by atoms with van der Waals surface area (Å²) in [6.45, 7) is 1.10. The van der Waals surface area contributed by atoms with Gasteiger partial charge in [0.05, 0.1) is 34.0 Å². The molecule has 6 rings (SSSR count). The van der Waals surface area contributed by atoms with Crippen LogP contribution in [0.25, 0.3) is 22.7 Å². The van der Waals surface area contributed by atoms with Crippen LogP contribution in [0, 0.1) is 28.0 Å². The molecule has 2 aromatic carbocycles. The number of halogens is 1. The summed E-state index contributed by atoms with van der Waals surface area (Å²) >= 11 is 0. The Bertz CT molecular complexity index is 1470. The summed E-state index contributed by atoms with van der Waals surface area (Å²) in [4.78, 5) is 20.2. The molecule has 0 spiro atoms. The summed E-state index contributed by atoms with van der Waals surface area (Å²) in [5, 5.41) is 10.2. The fraction of sp³-hybridized carbons (Fsp3) is 0.433. The van der Waals surface area contributed by atoms with Crippen molar-refractivity contribution in [3.8, 4) is 28.8 Å². The molecule has 3 aliphatic rings. The third kappa shape index (κ3) is 4.37. The van der Waals surface area contributed by atoms with Gasteiger partial charge in [-0.1, -0.05) is 37.1 Å². The minimum absolute atomic E-state index is 0.124. The van der Waals surface area contributed by atoms with Crippen molar-refractivity contribution in [3.63, 3.8) is 0 Å². The average molecular weight is 565 g/mol. The van der Waals surface area contributed by atoms with Crippen LogP contribution in [-0.4, -0.2) is 44.6 Å². The predicted molar refractivity (Wildman–Crippen MR) is 152 cm³/mol. The lowest BCUT2D eigenvalue weighted by Gasteiger charge is -2.44. The first-order valence-electron chi connectivity index (χ1n) is 13.8. The Labute approximate surface area is 234 Å². The molecule has 2 saturated carbocycles. The number of carbonyl (C=O) groups excluding carboxylic acids is 1. The first-order chi connectivity index (χ1) is 19.2. The van der Waals surface area contributed by atoms with Crippen LogP contribution in [0.5, 0.6) is 0 Å². The molecular formula is C30H33FN4O4S. The number of anilines is 1. The number of aromatic nitrogens is 1. The van der Waals surface area contributed by atoms with Crippen molar-refractivity contribution in [2.24, 2.45) is 16.6 Å². The second-order valence-electron chi connectivity index (χ2n) is 11.3. The van der Waals surface area contributed by atoms with Crippen molar-refractivity contribution in [1.82, 2.24) is 4.98 Å². The molecule has 2 unspecified atom stereocenters. The Hall–Kier alpha value is -3.39. The molecule has 0 radical (unpaired) electrons. The first-order valence-corrected chi connectivity index (χ1v) is 15.6. The third-order valence-electron chi connectivity index (χ3n) is 9.12. The molecular weight excluding hydrogens is 531 g/mol. The lowest BCUT2D eigenvalue weighted by atomic mass is 9.56. The van der Waals surface area contributed by atoms with E-state index in [9.17, 15) is 23.6 Å². The molecule has 8 nitrogen and oxygen atoms in total. The van der Waals surface area contributed by atoms with Crippen molar-refractivity contribution in [2.75, 3.05) is 29.5 Å². The molecule has 1 aromatic heterocycles. The van der Waals surface area contributed by atoms with Crippen LogP contribution in [0.3, 0.4) is 0 Å². The number of rotatable bonds is 6. The SMILES string of the molecule is N#CC1(C2(C(N)=O)CCCCC2c2oc(-c3ccccc3F)nc2-c2ccc(N3CCS(O)(O)CC3)cc2)CC1. The normalized spacial score (nSPS) is 26.1. The van der Waals surface area contributed by atoms with E-state index < -0.39 is 39.1 Å². The summed E-state index contributed by atoms with van der Waals surface area (Å²) in [5.74, 6) is -0.142. The number of nitrogens with two attached hydrogens (primary N) is 1. The predicted octanol–water partition coefficient (Wildman–Crippen LogP) is 6.15.